The molecule has 0 aromatic rings. The summed E-state index contributed by atoms with van der Waals surface area (Å²) in [6.45, 7) is 1.64. The average Bonchev–Trinajstić information content (AvgIpc) is 2.00. The second kappa shape index (κ2) is 10.5. The van der Waals surface area contributed by atoms with Gasteiger partial charge in [0.2, 0.25) is 11.9 Å². The topological polar surface area (TPSA) is 154 Å². The first-order chi connectivity index (χ1) is 6.02. The van der Waals surface area contributed by atoms with Gasteiger partial charge < -0.3 is 22.9 Å². The summed E-state index contributed by atoms with van der Waals surface area (Å²) in [6.07, 6.45) is 1.31. The fourth-order valence-corrected chi connectivity index (χ4v) is 0.342. The molecule has 0 saturated carbocycles. The summed E-state index contributed by atoms with van der Waals surface area (Å²) in [5, 5.41) is 13.8. The van der Waals surface area contributed by atoms with Crippen LogP contribution in [0.15, 0.2) is 20.4 Å². The highest BCUT2D eigenvalue weighted by Gasteiger charge is 1.83. The van der Waals surface area contributed by atoms with E-state index in [1.165, 1.54) is 6.21 Å². The van der Waals surface area contributed by atoms with Crippen LogP contribution in [0.5, 0.6) is 0 Å². The minimum Gasteiger partial charge on any atom is -0.369 e. The smallest absolute Gasteiger partial charge is 0.211 e. The average molecular weight is 257 g/mol. The normalized spacial score (nSPS) is 9.80. The van der Waals surface area contributed by atoms with Crippen LogP contribution in [0, 0.1) is 0 Å². The van der Waals surface area contributed by atoms with E-state index in [1.807, 2.05) is 0 Å². The van der Waals surface area contributed by atoms with Crippen molar-refractivity contribution in [2.24, 2.45) is 43.3 Å². The van der Waals surface area contributed by atoms with Crippen molar-refractivity contribution in [1.29, 1.82) is 0 Å². The zero-order valence-electron chi connectivity index (χ0n) is 7.99. The van der Waals surface area contributed by atoms with E-state index in [0.29, 0.717) is 5.71 Å². The lowest BCUT2D eigenvalue weighted by molar-refractivity contribution is 1.19. The van der Waals surface area contributed by atoms with Gasteiger partial charge in [0.15, 0.2) is 0 Å². The van der Waals surface area contributed by atoms with Crippen molar-refractivity contribution < 1.29 is 0 Å². The Hall–Kier alpha value is -1.54. The van der Waals surface area contributed by atoms with Gasteiger partial charge in [0.05, 0.1) is 11.9 Å². The lowest BCUT2D eigenvalue weighted by atomic mass is 10.5. The van der Waals surface area contributed by atoms with E-state index >= 15 is 0 Å². The van der Waals surface area contributed by atoms with Gasteiger partial charge in [-0.2, -0.15) is 10.2 Å². The first kappa shape index (κ1) is 19.1. The van der Waals surface area contributed by atoms with E-state index < -0.39 is 0 Å². The predicted octanol–water partition coefficient (Wildman–Crippen LogP) is -1.26. The largest absolute Gasteiger partial charge is 0.369 e. The number of hydrogen-bond acceptors (Lipinski definition) is 4. The van der Waals surface area contributed by atoms with Crippen molar-refractivity contribution in [2.45, 2.75) is 6.92 Å². The van der Waals surface area contributed by atoms with E-state index in [4.69, 9.17) is 22.9 Å². The molecule has 88 valence electrons. The maximum Gasteiger partial charge on any atom is 0.211 e. The first-order valence-electron chi connectivity index (χ1n) is 3.27. The molecule has 0 radical (unpaired) electrons. The van der Waals surface area contributed by atoms with Gasteiger partial charge in [-0.15, -0.1) is 35.0 Å². The molecule has 0 spiro atoms. The van der Waals surface area contributed by atoms with Gasteiger partial charge in [0.25, 0.3) is 0 Å². The van der Waals surface area contributed by atoms with Crippen molar-refractivity contribution in [3.8, 4) is 0 Å². The van der Waals surface area contributed by atoms with Crippen LogP contribution < -0.4 is 22.9 Å². The van der Waals surface area contributed by atoms with Gasteiger partial charge in [0, 0.05) is 0 Å². The van der Waals surface area contributed by atoms with Crippen molar-refractivity contribution >= 4 is 48.7 Å². The fraction of sp³-hybridized carbons (Fsp3) is 0.200. The Labute approximate surface area is 99.4 Å². The Balaban J connectivity index is -0.000000720. The van der Waals surface area contributed by atoms with E-state index in [2.05, 4.69) is 20.4 Å². The van der Waals surface area contributed by atoms with Crippen LogP contribution in [-0.2, 0) is 0 Å². The van der Waals surface area contributed by atoms with Crippen molar-refractivity contribution in [1.82, 2.24) is 0 Å². The Morgan fingerprint density at radius 1 is 0.867 bits per heavy atom. The quantitative estimate of drug-likeness (QED) is 0.283. The van der Waals surface area contributed by atoms with Gasteiger partial charge >= 0.3 is 0 Å². The predicted molar refractivity (Wildman–Crippen MR) is 67.7 cm³/mol. The number of guanidine groups is 2. The van der Waals surface area contributed by atoms with Gasteiger partial charge in [-0.05, 0) is 6.92 Å². The molecular weight excluding hydrogens is 243 g/mol. The van der Waals surface area contributed by atoms with Crippen LogP contribution in [0.4, 0.5) is 0 Å². The highest BCUT2D eigenvalue weighted by atomic mass is 35.5. The number of nitrogens with zero attached hydrogens (tertiary/aromatic N) is 4. The van der Waals surface area contributed by atoms with Crippen molar-refractivity contribution in [3.63, 3.8) is 0 Å². The molecule has 0 unspecified atom stereocenters. The zero-order valence-corrected chi connectivity index (χ0v) is 9.63. The lowest BCUT2D eigenvalue weighted by Crippen LogP contribution is -2.22. The van der Waals surface area contributed by atoms with Gasteiger partial charge in [-0.1, -0.05) is 0 Å². The second-order valence-corrected chi connectivity index (χ2v) is 2.04. The van der Waals surface area contributed by atoms with Crippen LogP contribution in [0.2, 0.25) is 0 Å². The summed E-state index contributed by atoms with van der Waals surface area (Å²) in [4.78, 5) is 0. The molecule has 0 fully saturated rings. The molecule has 0 atom stereocenters. The molecule has 0 aliphatic carbocycles. The standard InChI is InChI=1S/C5H12N8.2ClH/c1-3(11-13-5(8)9)2-10-12-4(6)7;;/h2H,1H3,(H4,6,7,12)(H4,8,9,13);2*1H/b10-2+,11-3+;;. The third-order valence-electron chi connectivity index (χ3n) is 0.741. The molecule has 0 aliphatic rings. The first-order valence-corrected chi connectivity index (χ1v) is 3.27. The third-order valence-corrected chi connectivity index (χ3v) is 0.741. The Bertz CT molecular complexity index is 273. The molecule has 0 bridgehead atoms. The summed E-state index contributed by atoms with van der Waals surface area (Å²) in [6, 6.07) is 0. The summed E-state index contributed by atoms with van der Waals surface area (Å²) in [5.74, 6) is -0.263. The molecule has 0 aromatic carbocycles. The Morgan fingerprint density at radius 3 is 1.73 bits per heavy atom. The monoisotopic (exact) mass is 256 g/mol. The Morgan fingerprint density at radius 2 is 1.33 bits per heavy atom. The van der Waals surface area contributed by atoms with Crippen LogP contribution in [-0.4, -0.2) is 23.8 Å². The molecule has 0 heterocycles. The maximum absolute atomic E-state index is 5.03. The molecule has 0 aliphatic heterocycles. The zero-order chi connectivity index (χ0) is 10.3. The molecule has 0 aromatic heterocycles. The molecular formula is C5H14Cl2N8. The molecule has 10 heteroatoms. The maximum atomic E-state index is 5.03. The van der Waals surface area contributed by atoms with E-state index in [-0.39, 0.29) is 36.7 Å². The summed E-state index contributed by atoms with van der Waals surface area (Å²) >= 11 is 0. The number of rotatable bonds is 3. The lowest BCUT2D eigenvalue weighted by Gasteiger charge is -1.86. The molecule has 0 amide bonds. The van der Waals surface area contributed by atoms with Crippen LogP contribution in [0.1, 0.15) is 6.92 Å². The van der Waals surface area contributed by atoms with Gasteiger partial charge in [0.1, 0.15) is 0 Å². The van der Waals surface area contributed by atoms with Crippen LogP contribution in [0.3, 0.4) is 0 Å². The van der Waals surface area contributed by atoms with Crippen LogP contribution in [0.25, 0.3) is 0 Å². The third kappa shape index (κ3) is 15.2. The summed E-state index contributed by atoms with van der Waals surface area (Å²) < 4.78 is 0. The highest BCUT2D eigenvalue weighted by molar-refractivity contribution is 6.29. The van der Waals surface area contributed by atoms with E-state index in [9.17, 15) is 0 Å². The van der Waals surface area contributed by atoms with Gasteiger partial charge in [-0.3, -0.25) is 0 Å². The van der Waals surface area contributed by atoms with Crippen molar-refractivity contribution in [3.05, 3.63) is 0 Å². The Kier molecular flexibility index (Phi) is 13.4. The second-order valence-electron chi connectivity index (χ2n) is 2.04. The molecule has 15 heavy (non-hydrogen) atoms. The number of hydrogen-bond donors (Lipinski definition) is 4. The van der Waals surface area contributed by atoms with Gasteiger partial charge in [-0.25, -0.2) is 0 Å². The molecule has 0 rings (SSSR count). The van der Waals surface area contributed by atoms with Crippen molar-refractivity contribution in [2.75, 3.05) is 0 Å². The summed E-state index contributed by atoms with van der Waals surface area (Å²) in [7, 11) is 0. The minimum absolute atomic E-state index is 0. The SMILES string of the molecule is CC(/C=N/N=C(N)N)=N\N=C(N)N.Cl.Cl. The highest BCUT2D eigenvalue weighted by Crippen LogP contribution is 1.76. The molecule has 0 saturated heterocycles. The van der Waals surface area contributed by atoms with Crippen LogP contribution >= 0.6 is 24.8 Å². The molecule has 8 nitrogen and oxygen atoms in total. The number of nitrogens with two attached hydrogens (primary N) is 4. The van der Waals surface area contributed by atoms with E-state index in [0.717, 1.165) is 0 Å². The fourth-order valence-electron chi connectivity index (χ4n) is 0.342. The van der Waals surface area contributed by atoms with E-state index in [1.54, 1.807) is 6.92 Å². The summed E-state index contributed by atoms with van der Waals surface area (Å²) in [5.41, 5.74) is 20.5. The number of halogens is 2. The molecule has 8 N–H and O–H groups in total. The minimum atomic E-state index is -0.133.